The molecular weight excluding hydrogens is 258 g/mol. The van der Waals surface area contributed by atoms with Crippen molar-refractivity contribution in [3.05, 3.63) is 12.4 Å². The van der Waals surface area contributed by atoms with Crippen LogP contribution in [0.15, 0.2) is 12.4 Å². The quantitative estimate of drug-likeness (QED) is 0.776. The van der Waals surface area contributed by atoms with Crippen molar-refractivity contribution in [3.8, 4) is 0 Å². The minimum Gasteiger partial charge on any atom is -0.371 e. The lowest BCUT2D eigenvalue weighted by Crippen LogP contribution is -2.45. The number of imide groups is 1. The van der Waals surface area contributed by atoms with E-state index in [4.69, 9.17) is 0 Å². The zero-order valence-electron chi connectivity index (χ0n) is 12.7. The van der Waals surface area contributed by atoms with Crippen LogP contribution in [0.4, 0.5) is 10.5 Å². The third kappa shape index (κ3) is 4.56. The van der Waals surface area contributed by atoms with Crippen LogP contribution in [0.25, 0.3) is 0 Å². The molecule has 1 aromatic rings. The molecule has 0 aliphatic heterocycles. The van der Waals surface area contributed by atoms with E-state index in [0.717, 1.165) is 5.69 Å². The van der Waals surface area contributed by atoms with Crippen LogP contribution >= 0.6 is 0 Å². The second-order valence-corrected chi connectivity index (χ2v) is 5.56. The molecule has 0 spiro atoms. The highest BCUT2D eigenvalue weighted by atomic mass is 16.2. The SMILES string of the molecule is CCNC(=O)NC(=O)C(C)Nc1cnn(C(C)(C)C)c1. The first-order valence-electron chi connectivity index (χ1n) is 6.64. The van der Waals surface area contributed by atoms with Crippen molar-refractivity contribution in [3.63, 3.8) is 0 Å². The molecule has 0 aliphatic carbocycles. The van der Waals surface area contributed by atoms with Gasteiger partial charge in [-0.15, -0.1) is 0 Å². The number of nitrogens with one attached hydrogen (secondary N) is 3. The largest absolute Gasteiger partial charge is 0.371 e. The van der Waals surface area contributed by atoms with Gasteiger partial charge >= 0.3 is 6.03 Å². The molecule has 1 heterocycles. The van der Waals surface area contributed by atoms with E-state index in [0.29, 0.717) is 6.54 Å². The Balaban J connectivity index is 2.57. The van der Waals surface area contributed by atoms with Gasteiger partial charge in [-0.25, -0.2) is 4.79 Å². The van der Waals surface area contributed by atoms with Crippen LogP contribution < -0.4 is 16.0 Å². The molecule has 0 bridgehead atoms. The van der Waals surface area contributed by atoms with Crippen LogP contribution in [0.1, 0.15) is 34.6 Å². The highest BCUT2D eigenvalue weighted by Crippen LogP contribution is 2.16. The van der Waals surface area contributed by atoms with Gasteiger partial charge in [0.15, 0.2) is 0 Å². The standard InChI is InChI=1S/C13H23N5O2/c1-6-14-12(20)17-11(19)9(2)16-10-7-15-18(8-10)13(3,4)5/h7-9,16H,6H2,1-5H3,(H2,14,17,19,20). The van der Waals surface area contributed by atoms with Gasteiger partial charge in [0.2, 0.25) is 5.91 Å². The number of nitrogens with zero attached hydrogens (tertiary/aromatic N) is 2. The first-order valence-corrected chi connectivity index (χ1v) is 6.64. The van der Waals surface area contributed by atoms with E-state index in [1.54, 1.807) is 20.0 Å². The summed E-state index contributed by atoms with van der Waals surface area (Å²) in [6, 6.07) is -1.02. The van der Waals surface area contributed by atoms with Crippen LogP contribution in [-0.2, 0) is 10.3 Å². The number of rotatable bonds is 4. The molecule has 0 radical (unpaired) electrons. The summed E-state index contributed by atoms with van der Waals surface area (Å²) in [5.41, 5.74) is 0.616. The fraction of sp³-hybridized carbons (Fsp3) is 0.615. The van der Waals surface area contributed by atoms with Crippen LogP contribution in [0.2, 0.25) is 0 Å². The molecule has 3 amide bonds. The Morgan fingerprint density at radius 2 is 2.05 bits per heavy atom. The molecule has 0 aliphatic rings. The Morgan fingerprint density at radius 3 is 2.55 bits per heavy atom. The Hall–Kier alpha value is -2.05. The van der Waals surface area contributed by atoms with Gasteiger partial charge in [0, 0.05) is 12.7 Å². The van der Waals surface area contributed by atoms with Crippen LogP contribution in [-0.4, -0.2) is 34.3 Å². The molecule has 1 atom stereocenters. The van der Waals surface area contributed by atoms with Gasteiger partial charge in [-0.3, -0.25) is 14.8 Å². The third-order valence-corrected chi connectivity index (χ3v) is 2.62. The van der Waals surface area contributed by atoms with E-state index in [-0.39, 0.29) is 11.4 Å². The summed E-state index contributed by atoms with van der Waals surface area (Å²) >= 11 is 0. The predicted octanol–water partition coefficient (Wildman–Crippen LogP) is 1.28. The van der Waals surface area contributed by atoms with Gasteiger partial charge in [-0.05, 0) is 34.6 Å². The predicted molar refractivity (Wildman–Crippen MR) is 77.5 cm³/mol. The molecule has 1 rings (SSSR count). The van der Waals surface area contributed by atoms with E-state index in [1.165, 1.54) is 0 Å². The van der Waals surface area contributed by atoms with E-state index >= 15 is 0 Å². The Morgan fingerprint density at radius 1 is 1.40 bits per heavy atom. The molecule has 0 aromatic carbocycles. The second kappa shape index (κ2) is 6.40. The maximum atomic E-state index is 11.8. The van der Waals surface area contributed by atoms with Crippen molar-refractivity contribution in [2.24, 2.45) is 0 Å². The van der Waals surface area contributed by atoms with Crippen LogP contribution in [0.3, 0.4) is 0 Å². The molecule has 20 heavy (non-hydrogen) atoms. The maximum Gasteiger partial charge on any atom is 0.321 e. The highest BCUT2D eigenvalue weighted by Gasteiger charge is 2.18. The minimum absolute atomic E-state index is 0.119. The smallest absolute Gasteiger partial charge is 0.321 e. The molecular formula is C13H23N5O2. The number of urea groups is 1. The molecule has 0 fully saturated rings. The van der Waals surface area contributed by atoms with E-state index in [9.17, 15) is 9.59 Å². The molecule has 7 nitrogen and oxygen atoms in total. The average Bonchev–Trinajstić information content (AvgIpc) is 2.77. The number of amides is 3. The van der Waals surface area contributed by atoms with Crippen molar-refractivity contribution in [1.29, 1.82) is 0 Å². The lowest BCUT2D eigenvalue weighted by molar-refractivity contribution is -0.120. The Labute approximate surface area is 119 Å². The van der Waals surface area contributed by atoms with E-state index in [1.807, 2.05) is 31.6 Å². The lowest BCUT2D eigenvalue weighted by atomic mass is 10.1. The summed E-state index contributed by atoms with van der Waals surface area (Å²) in [5, 5.41) is 12.0. The monoisotopic (exact) mass is 281 g/mol. The summed E-state index contributed by atoms with van der Waals surface area (Å²) < 4.78 is 1.81. The molecule has 0 saturated carbocycles. The zero-order chi connectivity index (χ0) is 15.3. The molecule has 3 N–H and O–H groups in total. The van der Waals surface area contributed by atoms with Crippen molar-refractivity contribution in [2.75, 3.05) is 11.9 Å². The topological polar surface area (TPSA) is 88.1 Å². The number of aromatic nitrogens is 2. The van der Waals surface area contributed by atoms with Crippen molar-refractivity contribution < 1.29 is 9.59 Å². The number of hydrogen-bond acceptors (Lipinski definition) is 4. The van der Waals surface area contributed by atoms with Crippen molar-refractivity contribution >= 4 is 17.6 Å². The first kappa shape index (κ1) is 16.0. The number of carbonyl (C=O) groups excluding carboxylic acids is 2. The second-order valence-electron chi connectivity index (χ2n) is 5.56. The zero-order valence-corrected chi connectivity index (χ0v) is 12.7. The molecule has 1 aromatic heterocycles. The summed E-state index contributed by atoms with van der Waals surface area (Å²) in [5.74, 6) is -0.389. The highest BCUT2D eigenvalue weighted by molar-refractivity contribution is 5.97. The molecule has 112 valence electrons. The van der Waals surface area contributed by atoms with Gasteiger partial charge in [-0.2, -0.15) is 5.10 Å². The molecule has 1 unspecified atom stereocenters. The fourth-order valence-corrected chi connectivity index (χ4v) is 1.50. The van der Waals surface area contributed by atoms with Crippen LogP contribution in [0.5, 0.6) is 0 Å². The first-order chi connectivity index (χ1) is 9.24. The minimum atomic E-state index is -0.532. The Bertz CT molecular complexity index is 475. The average molecular weight is 281 g/mol. The number of hydrogen-bond donors (Lipinski definition) is 3. The van der Waals surface area contributed by atoms with Gasteiger partial charge in [0.1, 0.15) is 6.04 Å². The Kier molecular flexibility index (Phi) is 5.12. The fourth-order valence-electron chi connectivity index (χ4n) is 1.50. The van der Waals surface area contributed by atoms with Gasteiger partial charge in [0.25, 0.3) is 0 Å². The number of anilines is 1. The van der Waals surface area contributed by atoms with Crippen molar-refractivity contribution in [1.82, 2.24) is 20.4 Å². The summed E-state index contributed by atoms with van der Waals surface area (Å²) in [7, 11) is 0. The summed E-state index contributed by atoms with van der Waals surface area (Å²) in [4.78, 5) is 23.0. The van der Waals surface area contributed by atoms with Gasteiger partial charge in [-0.1, -0.05) is 0 Å². The third-order valence-electron chi connectivity index (χ3n) is 2.62. The lowest BCUT2D eigenvalue weighted by Gasteiger charge is -2.19. The van der Waals surface area contributed by atoms with E-state index in [2.05, 4.69) is 21.0 Å². The normalized spacial score (nSPS) is 12.7. The van der Waals surface area contributed by atoms with E-state index < -0.39 is 12.1 Å². The van der Waals surface area contributed by atoms with Crippen molar-refractivity contribution in [2.45, 2.75) is 46.2 Å². The summed E-state index contributed by atoms with van der Waals surface area (Å²) in [6.45, 7) is 10.0. The van der Waals surface area contributed by atoms with Gasteiger partial charge < -0.3 is 10.6 Å². The van der Waals surface area contributed by atoms with Crippen LogP contribution in [0, 0.1) is 0 Å². The number of carbonyl (C=O) groups is 2. The van der Waals surface area contributed by atoms with Gasteiger partial charge in [0.05, 0.1) is 17.4 Å². The summed E-state index contributed by atoms with van der Waals surface area (Å²) in [6.07, 6.45) is 3.48. The molecule has 0 saturated heterocycles. The maximum absolute atomic E-state index is 11.8. The molecule has 7 heteroatoms.